The Labute approximate surface area is 196 Å². The summed E-state index contributed by atoms with van der Waals surface area (Å²) >= 11 is 6.42. The number of H-pyrrole nitrogens is 1. The minimum Gasteiger partial charge on any atom is -0.372 e. The van der Waals surface area contributed by atoms with E-state index in [2.05, 4.69) is 50.5 Å². The highest BCUT2D eigenvalue weighted by atomic mass is 35.5. The molecule has 0 unspecified atom stereocenters. The van der Waals surface area contributed by atoms with E-state index in [1.807, 2.05) is 18.3 Å². The number of fused-ring (bicyclic) bond motifs is 3. The van der Waals surface area contributed by atoms with Gasteiger partial charge in [0.15, 0.2) is 0 Å². The van der Waals surface area contributed by atoms with Crippen molar-refractivity contribution < 1.29 is 9.53 Å². The Morgan fingerprint density at radius 1 is 1.33 bits per heavy atom. The van der Waals surface area contributed by atoms with E-state index in [-0.39, 0.29) is 17.6 Å². The number of halogens is 1. The summed E-state index contributed by atoms with van der Waals surface area (Å²) in [6, 6.07) is 5.35. The van der Waals surface area contributed by atoms with Crippen molar-refractivity contribution in [2.45, 2.75) is 38.5 Å². The van der Waals surface area contributed by atoms with Gasteiger partial charge in [0.05, 0.1) is 41.5 Å². The normalized spacial score (nSPS) is 19.7. The molecule has 0 saturated carbocycles. The quantitative estimate of drug-likeness (QED) is 0.459. The van der Waals surface area contributed by atoms with Crippen LogP contribution in [0.5, 0.6) is 0 Å². The van der Waals surface area contributed by atoms with Gasteiger partial charge in [-0.25, -0.2) is 4.98 Å². The summed E-state index contributed by atoms with van der Waals surface area (Å²) in [7, 11) is 0. The van der Waals surface area contributed by atoms with Crippen molar-refractivity contribution in [3.63, 3.8) is 0 Å². The predicted molar refractivity (Wildman–Crippen MR) is 130 cm³/mol. The van der Waals surface area contributed by atoms with Crippen LogP contribution in [-0.4, -0.2) is 61.7 Å². The Bertz CT molecular complexity index is 1300. The Morgan fingerprint density at radius 3 is 2.97 bits per heavy atom. The van der Waals surface area contributed by atoms with Gasteiger partial charge in [0.2, 0.25) is 5.91 Å². The van der Waals surface area contributed by atoms with Crippen molar-refractivity contribution in [2.24, 2.45) is 0 Å². The minimum absolute atomic E-state index is 0.122. The number of hydrogen-bond donors (Lipinski definition) is 2. The zero-order valence-electron chi connectivity index (χ0n) is 18.9. The van der Waals surface area contributed by atoms with Gasteiger partial charge in [0.25, 0.3) is 0 Å². The molecule has 8 nitrogen and oxygen atoms in total. The molecule has 33 heavy (non-hydrogen) atoms. The van der Waals surface area contributed by atoms with Gasteiger partial charge in [-0.15, -0.1) is 0 Å². The fraction of sp³-hybridized carbons (Fsp3) is 0.375. The average Bonchev–Trinajstić information content (AvgIpc) is 3.42. The number of aromatic amines is 1. The first kappa shape index (κ1) is 21.9. The first-order valence-electron chi connectivity index (χ1n) is 11.0. The first-order chi connectivity index (χ1) is 15.8. The van der Waals surface area contributed by atoms with Crippen molar-refractivity contribution in [1.82, 2.24) is 24.4 Å². The average molecular weight is 467 g/mol. The molecule has 1 saturated heterocycles. The SMILES string of the molecule is C[C@@H](CN1CC(C)(C)OC[C@H]1C(=O)Nc1cc(Cl)cc2c1[nH]c1cnccc12)n1ccnc1. The third kappa shape index (κ3) is 4.34. The zero-order chi connectivity index (χ0) is 23.2. The number of benzene rings is 1. The zero-order valence-corrected chi connectivity index (χ0v) is 19.6. The maximum absolute atomic E-state index is 13.5. The highest BCUT2D eigenvalue weighted by Crippen LogP contribution is 2.33. The number of hydrogen-bond acceptors (Lipinski definition) is 5. The summed E-state index contributed by atoms with van der Waals surface area (Å²) in [6.45, 7) is 7.88. The summed E-state index contributed by atoms with van der Waals surface area (Å²) in [6.07, 6.45) is 9.03. The van der Waals surface area contributed by atoms with Crippen LogP contribution in [0.1, 0.15) is 26.8 Å². The smallest absolute Gasteiger partial charge is 0.244 e. The van der Waals surface area contributed by atoms with Crippen LogP contribution in [0.4, 0.5) is 5.69 Å². The van der Waals surface area contributed by atoms with E-state index in [4.69, 9.17) is 16.3 Å². The molecule has 4 heterocycles. The second-order valence-electron chi connectivity index (χ2n) is 9.29. The molecule has 4 aromatic rings. The number of nitrogens with one attached hydrogen (secondary N) is 2. The first-order valence-corrected chi connectivity index (χ1v) is 11.4. The van der Waals surface area contributed by atoms with Crippen molar-refractivity contribution in [1.29, 1.82) is 0 Å². The van der Waals surface area contributed by atoms with Crippen LogP contribution in [0.15, 0.2) is 49.3 Å². The number of morpholine rings is 1. The molecule has 1 aliphatic rings. The number of rotatable bonds is 5. The van der Waals surface area contributed by atoms with Gasteiger partial charge in [0.1, 0.15) is 6.04 Å². The molecule has 0 radical (unpaired) electrons. The highest BCUT2D eigenvalue weighted by Gasteiger charge is 2.38. The highest BCUT2D eigenvalue weighted by molar-refractivity contribution is 6.33. The van der Waals surface area contributed by atoms with E-state index in [0.717, 1.165) is 21.8 Å². The molecule has 172 valence electrons. The lowest BCUT2D eigenvalue weighted by Gasteiger charge is -2.43. The summed E-state index contributed by atoms with van der Waals surface area (Å²) in [5.74, 6) is -0.122. The molecule has 2 atom stereocenters. The Balaban J connectivity index is 1.43. The second kappa shape index (κ2) is 8.44. The van der Waals surface area contributed by atoms with Gasteiger partial charge in [-0.1, -0.05) is 11.6 Å². The topological polar surface area (TPSA) is 88.1 Å². The lowest BCUT2D eigenvalue weighted by molar-refractivity contribution is -0.144. The molecule has 5 rings (SSSR count). The van der Waals surface area contributed by atoms with E-state index < -0.39 is 6.04 Å². The van der Waals surface area contributed by atoms with E-state index in [1.54, 1.807) is 31.0 Å². The number of pyridine rings is 1. The maximum atomic E-state index is 13.5. The van der Waals surface area contributed by atoms with Crippen LogP contribution in [-0.2, 0) is 9.53 Å². The monoisotopic (exact) mass is 466 g/mol. The molecule has 0 spiro atoms. The number of anilines is 1. The molecule has 1 aromatic carbocycles. The standard InChI is InChI=1S/C24H27ClN6O2/c1-15(30-7-6-27-14-30)11-31-13-24(2,3)33-12-21(31)23(32)29-19-9-16(25)8-18-17-4-5-26-10-20(17)28-22(18)19/h4-10,14-15,21,28H,11-13H2,1-3H3,(H,29,32)/t15-,21-/m0/s1. The number of imidazole rings is 1. The van der Waals surface area contributed by atoms with Crippen LogP contribution < -0.4 is 5.32 Å². The fourth-order valence-corrected chi connectivity index (χ4v) is 4.80. The molecule has 0 aliphatic carbocycles. The molecule has 3 aromatic heterocycles. The van der Waals surface area contributed by atoms with Crippen LogP contribution in [0, 0.1) is 0 Å². The number of carbonyl (C=O) groups excluding carboxylic acids is 1. The van der Waals surface area contributed by atoms with Crippen LogP contribution in [0.3, 0.4) is 0 Å². The Kier molecular flexibility index (Phi) is 5.60. The number of amides is 1. The molecule has 1 aliphatic heterocycles. The van der Waals surface area contributed by atoms with E-state index in [9.17, 15) is 4.79 Å². The molecular weight excluding hydrogens is 440 g/mol. The van der Waals surface area contributed by atoms with E-state index in [1.165, 1.54) is 0 Å². The summed E-state index contributed by atoms with van der Waals surface area (Å²) in [4.78, 5) is 27.4. The van der Waals surface area contributed by atoms with Crippen LogP contribution in [0.25, 0.3) is 21.8 Å². The predicted octanol–water partition coefficient (Wildman–Crippen LogP) is 4.25. The van der Waals surface area contributed by atoms with Crippen molar-refractivity contribution in [2.75, 3.05) is 25.0 Å². The number of aromatic nitrogens is 4. The van der Waals surface area contributed by atoms with Crippen molar-refractivity contribution in [3.05, 3.63) is 54.3 Å². The van der Waals surface area contributed by atoms with Gasteiger partial charge < -0.3 is 19.6 Å². The lowest BCUT2D eigenvalue weighted by atomic mass is 10.0. The van der Waals surface area contributed by atoms with Crippen LogP contribution >= 0.6 is 11.6 Å². The van der Waals surface area contributed by atoms with E-state index in [0.29, 0.717) is 30.4 Å². The molecule has 2 N–H and O–H groups in total. The second-order valence-corrected chi connectivity index (χ2v) is 9.72. The number of ether oxygens (including phenoxy) is 1. The molecule has 1 amide bonds. The van der Waals surface area contributed by atoms with E-state index >= 15 is 0 Å². The fourth-order valence-electron chi connectivity index (χ4n) is 4.58. The molecule has 1 fully saturated rings. The van der Waals surface area contributed by atoms with Gasteiger partial charge in [-0.3, -0.25) is 14.7 Å². The van der Waals surface area contributed by atoms with Gasteiger partial charge in [0, 0.05) is 53.5 Å². The molecular formula is C24H27ClN6O2. The summed E-state index contributed by atoms with van der Waals surface area (Å²) < 4.78 is 8.09. The third-order valence-electron chi connectivity index (χ3n) is 6.22. The van der Waals surface area contributed by atoms with Crippen LogP contribution in [0.2, 0.25) is 5.02 Å². The number of carbonyl (C=O) groups is 1. The minimum atomic E-state index is -0.427. The largest absolute Gasteiger partial charge is 0.372 e. The number of nitrogens with zero attached hydrogens (tertiary/aromatic N) is 4. The lowest BCUT2D eigenvalue weighted by Crippen LogP contribution is -2.59. The van der Waals surface area contributed by atoms with Gasteiger partial charge in [-0.05, 0) is 39.0 Å². The Morgan fingerprint density at radius 2 is 2.18 bits per heavy atom. The van der Waals surface area contributed by atoms with Crippen molar-refractivity contribution >= 4 is 45.0 Å². The van der Waals surface area contributed by atoms with Gasteiger partial charge >= 0.3 is 0 Å². The third-order valence-corrected chi connectivity index (χ3v) is 6.44. The molecule has 0 bridgehead atoms. The van der Waals surface area contributed by atoms with Crippen molar-refractivity contribution in [3.8, 4) is 0 Å². The Hall–Kier alpha value is -2.94. The summed E-state index contributed by atoms with van der Waals surface area (Å²) in [5.41, 5.74) is 2.03. The maximum Gasteiger partial charge on any atom is 0.244 e. The summed E-state index contributed by atoms with van der Waals surface area (Å²) in [5, 5.41) is 5.62. The molecule has 9 heteroatoms. The van der Waals surface area contributed by atoms with Gasteiger partial charge in [-0.2, -0.15) is 0 Å².